The predicted octanol–water partition coefficient (Wildman–Crippen LogP) is 6.33. The molecular weight excluding hydrogens is 472 g/mol. The molecule has 0 aliphatic carbocycles. The zero-order chi connectivity index (χ0) is 23.8. The van der Waals surface area contributed by atoms with Crippen molar-refractivity contribution in [3.8, 4) is 11.5 Å². The fraction of sp³-hybridized carbons (Fsp3) is 0.227. The molecule has 1 aliphatic rings. The summed E-state index contributed by atoms with van der Waals surface area (Å²) in [5.74, 6) is -1.25. The average molecular weight is 487 g/mol. The van der Waals surface area contributed by atoms with E-state index in [1.54, 1.807) is 4.90 Å². The first-order valence-corrected chi connectivity index (χ1v) is 10.5. The summed E-state index contributed by atoms with van der Waals surface area (Å²) in [6.07, 6.45) is -9.09. The highest BCUT2D eigenvalue weighted by Crippen LogP contribution is 2.40. The third-order valence-corrected chi connectivity index (χ3v) is 6.00. The maximum atomic E-state index is 13.3. The lowest BCUT2D eigenvalue weighted by molar-refractivity contribution is -0.275. The number of fused-ring (bicyclic) bond motifs is 1. The fourth-order valence-corrected chi connectivity index (χ4v) is 4.76. The second-order valence-corrected chi connectivity index (χ2v) is 8.10. The summed E-state index contributed by atoms with van der Waals surface area (Å²) in [5, 5.41) is 1.87. The van der Waals surface area contributed by atoms with Crippen molar-refractivity contribution in [2.75, 3.05) is 6.54 Å². The van der Waals surface area contributed by atoms with Crippen LogP contribution >= 0.6 is 11.3 Å². The van der Waals surface area contributed by atoms with E-state index < -0.39 is 30.4 Å². The van der Waals surface area contributed by atoms with Crippen molar-refractivity contribution in [3.05, 3.63) is 81.5 Å². The quantitative estimate of drug-likeness (QED) is 0.404. The number of ether oxygens (including phenoxy) is 2. The van der Waals surface area contributed by atoms with Crippen LogP contribution in [0.15, 0.2) is 60.0 Å². The molecule has 174 valence electrons. The first kappa shape index (κ1) is 23.0. The summed E-state index contributed by atoms with van der Waals surface area (Å²) in [4.78, 5) is 15.7. The smallest absolute Gasteiger partial charge is 0.406 e. The van der Waals surface area contributed by atoms with Crippen LogP contribution in [0.2, 0.25) is 0 Å². The first-order valence-electron chi connectivity index (χ1n) is 9.59. The number of nitrogens with zero attached hydrogens (tertiary/aromatic N) is 1. The number of halogens is 6. The zero-order valence-electron chi connectivity index (χ0n) is 16.6. The molecule has 0 bridgehead atoms. The van der Waals surface area contributed by atoms with Crippen LogP contribution in [0.25, 0.3) is 0 Å². The lowest BCUT2D eigenvalue weighted by atomic mass is 9.94. The van der Waals surface area contributed by atoms with E-state index in [0.29, 0.717) is 18.5 Å². The van der Waals surface area contributed by atoms with Crippen molar-refractivity contribution in [1.82, 2.24) is 4.90 Å². The Morgan fingerprint density at radius 2 is 1.39 bits per heavy atom. The molecule has 0 N–H and O–H groups in total. The molecule has 4 nitrogen and oxygen atoms in total. The molecule has 33 heavy (non-hydrogen) atoms. The van der Waals surface area contributed by atoms with E-state index in [9.17, 15) is 31.1 Å². The number of alkyl halides is 6. The second-order valence-electron chi connectivity index (χ2n) is 7.15. The minimum Gasteiger partial charge on any atom is -0.406 e. The Bertz CT molecular complexity index is 1120. The van der Waals surface area contributed by atoms with Gasteiger partial charge in [-0.15, -0.1) is 37.7 Å². The molecule has 4 rings (SSSR count). The van der Waals surface area contributed by atoms with Gasteiger partial charge in [-0.25, -0.2) is 0 Å². The van der Waals surface area contributed by atoms with Crippen molar-refractivity contribution < 1.29 is 40.6 Å². The lowest BCUT2D eigenvalue weighted by Gasteiger charge is -2.36. The molecule has 11 heteroatoms. The summed E-state index contributed by atoms with van der Waals surface area (Å²) in [6, 6.07) is 11.2. The molecule has 2 aromatic carbocycles. The van der Waals surface area contributed by atoms with E-state index in [1.807, 2.05) is 11.4 Å². The standard InChI is InChI=1S/C22H15F6NO3S/c23-21(24,25)31-16-5-1-13(2-6-16)18-19-14(10-12-33-19)9-11-29(18)20(30)15-3-7-17(8-4-15)32-22(26,27)28/h1-8,10,12,18H,9,11H2. The minimum atomic E-state index is -4.85. The van der Waals surface area contributed by atoms with Crippen LogP contribution < -0.4 is 9.47 Å². The van der Waals surface area contributed by atoms with E-state index in [-0.39, 0.29) is 11.3 Å². The Kier molecular flexibility index (Phi) is 6.00. The van der Waals surface area contributed by atoms with Crippen LogP contribution in [-0.2, 0) is 6.42 Å². The first-order chi connectivity index (χ1) is 15.5. The van der Waals surface area contributed by atoms with Crippen molar-refractivity contribution in [3.63, 3.8) is 0 Å². The third-order valence-electron chi connectivity index (χ3n) is 4.99. The topological polar surface area (TPSA) is 38.8 Å². The molecule has 1 amide bonds. The normalized spacial score (nSPS) is 16.3. The molecule has 0 radical (unpaired) electrons. The lowest BCUT2D eigenvalue weighted by Crippen LogP contribution is -2.40. The van der Waals surface area contributed by atoms with Crippen LogP contribution in [0.3, 0.4) is 0 Å². The third kappa shape index (κ3) is 5.41. The molecule has 0 spiro atoms. The average Bonchev–Trinajstić information content (AvgIpc) is 3.20. The maximum Gasteiger partial charge on any atom is 0.573 e. The number of thiophene rings is 1. The van der Waals surface area contributed by atoms with Crippen molar-refractivity contribution in [2.24, 2.45) is 0 Å². The molecule has 3 aromatic rings. The monoisotopic (exact) mass is 487 g/mol. The number of carbonyl (C=O) groups is 1. The van der Waals surface area contributed by atoms with Gasteiger partial charge in [0.2, 0.25) is 0 Å². The van der Waals surface area contributed by atoms with Gasteiger partial charge in [0.15, 0.2) is 0 Å². The van der Waals surface area contributed by atoms with Crippen molar-refractivity contribution >= 4 is 17.2 Å². The molecule has 0 saturated heterocycles. The number of amides is 1. The van der Waals surface area contributed by atoms with Crippen LogP contribution in [0.1, 0.15) is 32.4 Å². The molecular formula is C22H15F6NO3S. The summed E-state index contributed by atoms with van der Waals surface area (Å²) < 4.78 is 82.4. The summed E-state index contributed by atoms with van der Waals surface area (Å²) in [5.41, 5.74) is 1.77. The van der Waals surface area contributed by atoms with E-state index >= 15 is 0 Å². The molecule has 1 atom stereocenters. The van der Waals surface area contributed by atoms with Gasteiger partial charge in [-0.05, 0) is 65.4 Å². The van der Waals surface area contributed by atoms with E-state index in [2.05, 4.69) is 9.47 Å². The minimum absolute atomic E-state index is 0.159. The van der Waals surface area contributed by atoms with Crippen LogP contribution in [0.5, 0.6) is 11.5 Å². The number of hydrogen-bond donors (Lipinski definition) is 0. The predicted molar refractivity (Wildman–Crippen MR) is 107 cm³/mol. The van der Waals surface area contributed by atoms with Gasteiger partial charge in [0.05, 0.1) is 6.04 Å². The van der Waals surface area contributed by atoms with Gasteiger partial charge >= 0.3 is 12.7 Å². The van der Waals surface area contributed by atoms with Crippen molar-refractivity contribution in [2.45, 2.75) is 25.2 Å². The Labute approximate surface area is 188 Å². The van der Waals surface area contributed by atoms with Crippen LogP contribution in [0, 0.1) is 0 Å². The Morgan fingerprint density at radius 1 is 0.848 bits per heavy atom. The van der Waals surface area contributed by atoms with Crippen molar-refractivity contribution in [1.29, 1.82) is 0 Å². The highest BCUT2D eigenvalue weighted by atomic mass is 32.1. The molecule has 0 saturated carbocycles. The van der Waals surface area contributed by atoms with Crippen LogP contribution in [-0.4, -0.2) is 30.1 Å². The zero-order valence-corrected chi connectivity index (χ0v) is 17.4. The fourth-order valence-electron chi connectivity index (χ4n) is 3.67. The van der Waals surface area contributed by atoms with Gasteiger partial charge in [-0.3, -0.25) is 4.79 Å². The molecule has 2 heterocycles. The number of benzene rings is 2. The summed E-state index contributed by atoms with van der Waals surface area (Å²) in [7, 11) is 0. The van der Waals surface area contributed by atoms with Gasteiger partial charge in [0.25, 0.3) is 5.91 Å². The second kappa shape index (κ2) is 8.62. The van der Waals surface area contributed by atoms with Crippen LogP contribution in [0.4, 0.5) is 26.3 Å². The summed E-state index contributed by atoms with van der Waals surface area (Å²) in [6.45, 7) is 0.328. The summed E-state index contributed by atoms with van der Waals surface area (Å²) >= 11 is 1.42. The van der Waals surface area contributed by atoms with E-state index in [4.69, 9.17) is 0 Å². The Hall–Kier alpha value is -3.21. The Balaban J connectivity index is 1.62. The molecule has 0 fully saturated rings. The molecule has 1 aliphatic heterocycles. The number of carbonyl (C=O) groups excluding carboxylic acids is 1. The highest BCUT2D eigenvalue weighted by Gasteiger charge is 2.35. The van der Waals surface area contributed by atoms with Gasteiger partial charge in [-0.1, -0.05) is 12.1 Å². The van der Waals surface area contributed by atoms with E-state index in [0.717, 1.165) is 22.6 Å². The Morgan fingerprint density at radius 3 is 1.94 bits per heavy atom. The van der Waals surface area contributed by atoms with Gasteiger partial charge < -0.3 is 14.4 Å². The number of rotatable bonds is 4. The molecule has 1 aromatic heterocycles. The highest BCUT2D eigenvalue weighted by molar-refractivity contribution is 7.10. The van der Waals surface area contributed by atoms with Gasteiger partial charge in [-0.2, -0.15) is 0 Å². The van der Waals surface area contributed by atoms with Gasteiger partial charge in [0.1, 0.15) is 11.5 Å². The van der Waals surface area contributed by atoms with E-state index in [1.165, 1.54) is 47.7 Å². The van der Waals surface area contributed by atoms with Gasteiger partial charge in [0, 0.05) is 17.0 Å². The SMILES string of the molecule is O=C(c1ccc(OC(F)(F)F)cc1)N1CCc2ccsc2C1c1ccc(OC(F)(F)F)cc1. The number of hydrogen-bond acceptors (Lipinski definition) is 4. The largest absolute Gasteiger partial charge is 0.573 e. The maximum absolute atomic E-state index is 13.3. The molecule has 1 unspecified atom stereocenters.